The van der Waals surface area contributed by atoms with Crippen LogP contribution in [0.3, 0.4) is 0 Å². The van der Waals surface area contributed by atoms with E-state index in [1.165, 1.54) is 12.1 Å². The van der Waals surface area contributed by atoms with E-state index in [1.54, 1.807) is 12.1 Å². The van der Waals surface area contributed by atoms with E-state index < -0.39 is 30.0 Å². The Bertz CT molecular complexity index is 602. The van der Waals surface area contributed by atoms with Crippen LogP contribution >= 0.6 is 0 Å². The smallest absolute Gasteiger partial charge is 0.392 e. The highest BCUT2D eigenvalue weighted by molar-refractivity contribution is 5.87. The van der Waals surface area contributed by atoms with Crippen molar-refractivity contribution in [2.45, 2.75) is 38.4 Å². The molecular weight excluding hydrogens is 337 g/mol. The van der Waals surface area contributed by atoms with E-state index in [-0.39, 0.29) is 25.1 Å². The van der Waals surface area contributed by atoms with Gasteiger partial charge in [0, 0.05) is 13.1 Å². The van der Waals surface area contributed by atoms with Gasteiger partial charge in [-0.1, -0.05) is 25.0 Å². The monoisotopic (exact) mass is 358 g/mol. The van der Waals surface area contributed by atoms with E-state index in [4.69, 9.17) is 5.11 Å². The Labute approximate surface area is 143 Å². The number of carboxylic acid groups (broad SMARTS) is 1. The third-order valence-electron chi connectivity index (χ3n) is 4.51. The van der Waals surface area contributed by atoms with Gasteiger partial charge in [0.15, 0.2) is 0 Å². The number of urea groups is 1. The Kier molecular flexibility index (Phi) is 6.27. The predicted octanol–water partition coefficient (Wildman–Crippen LogP) is 3.55. The van der Waals surface area contributed by atoms with Gasteiger partial charge in [0.1, 0.15) is 0 Å². The van der Waals surface area contributed by atoms with Crippen LogP contribution in [0.4, 0.5) is 18.0 Å². The zero-order chi connectivity index (χ0) is 18.4. The fourth-order valence-corrected chi connectivity index (χ4v) is 3.12. The average molecular weight is 358 g/mol. The van der Waals surface area contributed by atoms with Crippen LogP contribution in [0.2, 0.25) is 0 Å². The topological polar surface area (TPSA) is 78.4 Å². The van der Waals surface area contributed by atoms with Crippen LogP contribution in [0.25, 0.3) is 0 Å². The number of carbonyl (C=O) groups is 2. The minimum atomic E-state index is -4.23. The molecule has 8 heteroatoms. The molecule has 0 aromatic heterocycles. The van der Waals surface area contributed by atoms with Gasteiger partial charge in [-0.3, -0.25) is 0 Å². The molecule has 0 aliphatic heterocycles. The van der Waals surface area contributed by atoms with Gasteiger partial charge in [-0.25, -0.2) is 9.59 Å². The van der Waals surface area contributed by atoms with E-state index >= 15 is 0 Å². The van der Waals surface area contributed by atoms with E-state index in [0.29, 0.717) is 18.4 Å². The lowest BCUT2D eigenvalue weighted by Gasteiger charge is -2.33. The molecule has 1 aliphatic carbocycles. The van der Waals surface area contributed by atoms with Gasteiger partial charge >= 0.3 is 18.2 Å². The summed E-state index contributed by atoms with van der Waals surface area (Å²) in [5, 5.41) is 13.9. The number of carboxylic acids is 1. The van der Waals surface area contributed by atoms with Gasteiger partial charge in [0.2, 0.25) is 0 Å². The number of aromatic carboxylic acids is 1. The normalized spacial score (nSPS) is 20.8. The summed E-state index contributed by atoms with van der Waals surface area (Å²) in [5.74, 6) is -2.98. The highest BCUT2D eigenvalue weighted by Gasteiger charge is 2.45. The van der Waals surface area contributed by atoms with Crippen molar-refractivity contribution in [2.75, 3.05) is 6.54 Å². The third-order valence-corrected chi connectivity index (χ3v) is 4.51. The van der Waals surface area contributed by atoms with Gasteiger partial charge in [-0.15, -0.1) is 0 Å². The van der Waals surface area contributed by atoms with Crippen LogP contribution in [0.15, 0.2) is 24.3 Å². The summed E-state index contributed by atoms with van der Waals surface area (Å²) < 4.78 is 39.0. The van der Waals surface area contributed by atoms with Crippen molar-refractivity contribution in [1.82, 2.24) is 10.6 Å². The molecule has 0 spiro atoms. The lowest BCUT2D eigenvalue weighted by molar-refractivity contribution is -0.195. The maximum atomic E-state index is 13.0. The molecule has 1 saturated carbocycles. The predicted molar refractivity (Wildman–Crippen MR) is 85.1 cm³/mol. The van der Waals surface area contributed by atoms with Crippen molar-refractivity contribution in [1.29, 1.82) is 0 Å². The van der Waals surface area contributed by atoms with Gasteiger partial charge in [-0.2, -0.15) is 13.2 Å². The molecule has 138 valence electrons. The quantitative estimate of drug-likeness (QED) is 0.753. The molecule has 2 rings (SSSR count). The van der Waals surface area contributed by atoms with Crippen LogP contribution in [0.1, 0.15) is 41.6 Å². The molecule has 2 amide bonds. The first-order valence-corrected chi connectivity index (χ1v) is 8.18. The molecule has 0 bridgehead atoms. The number of hydrogen-bond acceptors (Lipinski definition) is 2. The number of benzene rings is 1. The SMILES string of the molecule is O=C(NCc1ccc(C(=O)O)cc1)NCC1CCCCC1C(F)(F)F. The summed E-state index contributed by atoms with van der Waals surface area (Å²) in [6.45, 7) is 0.160. The van der Waals surface area contributed by atoms with E-state index in [0.717, 1.165) is 6.42 Å². The summed E-state index contributed by atoms with van der Waals surface area (Å²) in [5.41, 5.74) is 0.842. The second-order valence-electron chi connectivity index (χ2n) is 6.26. The van der Waals surface area contributed by atoms with Gasteiger partial charge in [0.05, 0.1) is 11.5 Å². The molecule has 1 aromatic carbocycles. The summed E-state index contributed by atoms with van der Waals surface area (Å²) in [6, 6.07) is 5.46. The van der Waals surface area contributed by atoms with Crippen molar-refractivity contribution in [2.24, 2.45) is 11.8 Å². The van der Waals surface area contributed by atoms with E-state index in [1.807, 2.05) is 0 Å². The van der Waals surface area contributed by atoms with Crippen LogP contribution in [-0.2, 0) is 6.54 Å². The van der Waals surface area contributed by atoms with Crippen LogP contribution in [-0.4, -0.2) is 29.8 Å². The van der Waals surface area contributed by atoms with Crippen molar-refractivity contribution < 1.29 is 27.9 Å². The largest absolute Gasteiger partial charge is 0.478 e. The number of alkyl halides is 3. The molecule has 0 saturated heterocycles. The van der Waals surface area contributed by atoms with Crippen molar-refractivity contribution in [3.63, 3.8) is 0 Å². The molecule has 1 aromatic rings. The summed E-state index contributed by atoms with van der Waals surface area (Å²) in [6.07, 6.45) is -2.33. The van der Waals surface area contributed by atoms with E-state index in [2.05, 4.69) is 10.6 Å². The molecule has 5 nitrogen and oxygen atoms in total. The first-order valence-electron chi connectivity index (χ1n) is 8.18. The molecule has 0 radical (unpaired) electrons. The second-order valence-corrected chi connectivity index (χ2v) is 6.26. The number of carbonyl (C=O) groups excluding carboxylic acids is 1. The second kappa shape index (κ2) is 8.22. The Morgan fingerprint density at radius 3 is 2.32 bits per heavy atom. The summed E-state index contributed by atoms with van der Waals surface area (Å²) in [4.78, 5) is 22.5. The zero-order valence-corrected chi connectivity index (χ0v) is 13.6. The zero-order valence-electron chi connectivity index (χ0n) is 13.6. The molecule has 25 heavy (non-hydrogen) atoms. The van der Waals surface area contributed by atoms with Crippen molar-refractivity contribution in [3.05, 3.63) is 35.4 Å². The van der Waals surface area contributed by atoms with Crippen LogP contribution < -0.4 is 10.6 Å². The van der Waals surface area contributed by atoms with Crippen LogP contribution in [0, 0.1) is 11.8 Å². The Morgan fingerprint density at radius 1 is 1.08 bits per heavy atom. The lowest BCUT2D eigenvalue weighted by atomic mass is 9.79. The van der Waals surface area contributed by atoms with Gasteiger partial charge < -0.3 is 15.7 Å². The number of nitrogens with one attached hydrogen (secondary N) is 2. The number of rotatable bonds is 5. The third kappa shape index (κ3) is 5.65. The highest BCUT2D eigenvalue weighted by atomic mass is 19.4. The summed E-state index contributed by atoms with van der Waals surface area (Å²) in [7, 11) is 0. The molecule has 1 fully saturated rings. The molecule has 0 heterocycles. The molecule has 2 atom stereocenters. The first-order chi connectivity index (χ1) is 11.8. The molecular formula is C17H21F3N2O3. The fourth-order valence-electron chi connectivity index (χ4n) is 3.12. The number of hydrogen-bond donors (Lipinski definition) is 3. The van der Waals surface area contributed by atoms with Gasteiger partial charge in [0.25, 0.3) is 0 Å². The molecule has 3 N–H and O–H groups in total. The van der Waals surface area contributed by atoms with Crippen molar-refractivity contribution >= 4 is 12.0 Å². The number of amides is 2. The first kappa shape index (κ1) is 19.1. The maximum absolute atomic E-state index is 13.0. The minimum Gasteiger partial charge on any atom is -0.478 e. The summed E-state index contributed by atoms with van der Waals surface area (Å²) >= 11 is 0. The average Bonchev–Trinajstić information content (AvgIpc) is 2.58. The Morgan fingerprint density at radius 2 is 1.72 bits per heavy atom. The number of halogens is 3. The van der Waals surface area contributed by atoms with Crippen LogP contribution in [0.5, 0.6) is 0 Å². The van der Waals surface area contributed by atoms with E-state index in [9.17, 15) is 22.8 Å². The van der Waals surface area contributed by atoms with Gasteiger partial charge in [-0.05, 0) is 36.5 Å². The molecule has 2 unspecified atom stereocenters. The fraction of sp³-hybridized carbons (Fsp3) is 0.529. The lowest BCUT2D eigenvalue weighted by Crippen LogP contribution is -2.43. The minimum absolute atomic E-state index is 0.00599. The molecule has 1 aliphatic rings. The van der Waals surface area contributed by atoms with Crippen molar-refractivity contribution in [3.8, 4) is 0 Å². The Balaban J connectivity index is 1.79. The standard InChI is InChI=1S/C17H21F3N2O3/c18-17(19,20)14-4-2-1-3-13(14)10-22-16(25)21-9-11-5-7-12(8-6-11)15(23)24/h5-8,13-14H,1-4,9-10H2,(H,23,24)(H2,21,22,25). The highest BCUT2D eigenvalue weighted by Crippen LogP contribution is 2.41. The maximum Gasteiger partial charge on any atom is 0.392 e. The Hall–Kier alpha value is -2.25.